The highest BCUT2D eigenvalue weighted by Gasteiger charge is 2.47. The number of nitrogens with zero attached hydrogens (tertiary/aromatic N) is 1. The highest BCUT2D eigenvalue weighted by Crippen LogP contribution is 2.54. The quantitative estimate of drug-likeness (QED) is 0.504. The van der Waals surface area contributed by atoms with E-state index in [1.165, 1.54) is 11.1 Å². The summed E-state index contributed by atoms with van der Waals surface area (Å²) in [5.74, 6) is 2.30. The molecule has 0 bridgehead atoms. The zero-order valence-electron chi connectivity index (χ0n) is 16.6. The van der Waals surface area contributed by atoms with Crippen LogP contribution < -0.4 is 20.5 Å². The molecule has 1 fully saturated rings. The first-order valence-corrected chi connectivity index (χ1v) is 9.95. The molecule has 4 rings (SSSR count). The van der Waals surface area contributed by atoms with Gasteiger partial charge in [-0.05, 0) is 68.7 Å². The summed E-state index contributed by atoms with van der Waals surface area (Å²) in [5.41, 5.74) is 10.2. The maximum Gasteiger partial charge on any atom is 0.231 e. The number of allylic oxidation sites excluding steroid dienone is 8. The van der Waals surface area contributed by atoms with E-state index in [1.54, 1.807) is 0 Å². The molecule has 1 aromatic rings. The van der Waals surface area contributed by atoms with Crippen molar-refractivity contribution in [1.29, 1.82) is 0 Å². The Labute approximate surface area is 172 Å². The van der Waals surface area contributed by atoms with Crippen LogP contribution in [0, 0.1) is 0 Å². The van der Waals surface area contributed by atoms with Crippen molar-refractivity contribution >= 4 is 6.72 Å². The number of ether oxygens (including phenoxy) is 2. The maximum absolute atomic E-state index is 5.80. The minimum Gasteiger partial charge on any atom is -0.454 e. The number of benzene rings is 1. The fourth-order valence-corrected chi connectivity index (χ4v) is 3.74. The smallest absolute Gasteiger partial charge is 0.231 e. The van der Waals surface area contributed by atoms with Crippen LogP contribution in [0.3, 0.4) is 0 Å². The van der Waals surface area contributed by atoms with Crippen molar-refractivity contribution in [2.75, 3.05) is 6.79 Å². The van der Waals surface area contributed by atoms with E-state index in [-0.39, 0.29) is 12.2 Å². The number of rotatable bonds is 8. The van der Waals surface area contributed by atoms with Gasteiger partial charge in [-0.15, -0.1) is 0 Å². The van der Waals surface area contributed by atoms with Gasteiger partial charge in [0.1, 0.15) is 5.82 Å². The number of aliphatic imine (C=N–C) groups is 1. The summed E-state index contributed by atoms with van der Waals surface area (Å²) in [4.78, 5) is 4.12. The second-order valence-electron chi connectivity index (χ2n) is 7.66. The summed E-state index contributed by atoms with van der Waals surface area (Å²) < 4.78 is 10.9. The Balaban J connectivity index is 1.39. The Bertz CT molecular complexity index is 949. The van der Waals surface area contributed by atoms with Gasteiger partial charge in [-0.25, -0.2) is 4.99 Å². The molecule has 1 aliphatic heterocycles. The molecule has 29 heavy (non-hydrogen) atoms. The third-order valence-corrected chi connectivity index (χ3v) is 5.74. The summed E-state index contributed by atoms with van der Waals surface area (Å²) in [6.07, 6.45) is 15.1. The molecule has 1 heterocycles. The number of nitrogens with two attached hydrogens (primary N) is 1. The molecule has 0 spiro atoms. The molecule has 0 aromatic heterocycles. The highest BCUT2D eigenvalue weighted by molar-refractivity contribution is 5.51. The molecule has 1 aromatic carbocycles. The van der Waals surface area contributed by atoms with Gasteiger partial charge in [0.15, 0.2) is 11.5 Å². The van der Waals surface area contributed by atoms with Gasteiger partial charge in [-0.1, -0.05) is 36.4 Å². The van der Waals surface area contributed by atoms with E-state index in [0.29, 0.717) is 5.82 Å². The summed E-state index contributed by atoms with van der Waals surface area (Å²) >= 11 is 0. The molecule has 3 N–H and O–H groups in total. The summed E-state index contributed by atoms with van der Waals surface area (Å²) in [7, 11) is 0. The molecular formula is C24H27N3O2. The summed E-state index contributed by atoms with van der Waals surface area (Å²) in [6.45, 7) is 8.26. The standard InChI is InChI=1S/C24H27N3O2/c1-17(24(13-14-24)19-9-12-21-22(15-19)29-16-28-21)27-23(26-2)6-4-3-5-18-7-10-20(25)11-8-18/h3-4,6-7,9-10,12,15,27H,1-2,5,8,11,13-14,16,25H2/b4-3-,23-6+. The largest absolute Gasteiger partial charge is 0.454 e. The summed E-state index contributed by atoms with van der Waals surface area (Å²) in [5, 5.41) is 3.35. The summed E-state index contributed by atoms with van der Waals surface area (Å²) in [6, 6.07) is 6.13. The predicted molar refractivity (Wildman–Crippen MR) is 117 cm³/mol. The third kappa shape index (κ3) is 4.14. The van der Waals surface area contributed by atoms with Gasteiger partial charge >= 0.3 is 0 Å². The van der Waals surface area contributed by atoms with Crippen molar-refractivity contribution < 1.29 is 9.47 Å². The number of fused-ring (bicyclic) bond motifs is 1. The maximum atomic E-state index is 5.80. The minimum absolute atomic E-state index is 0.0896. The van der Waals surface area contributed by atoms with E-state index in [0.717, 1.165) is 55.0 Å². The topological polar surface area (TPSA) is 68.9 Å². The zero-order valence-corrected chi connectivity index (χ0v) is 16.6. The predicted octanol–water partition coefficient (Wildman–Crippen LogP) is 4.60. The van der Waals surface area contributed by atoms with Crippen LogP contribution in [0.15, 0.2) is 82.9 Å². The molecule has 1 saturated carbocycles. The van der Waals surface area contributed by atoms with Crippen LogP contribution in [-0.4, -0.2) is 13.5 Å². The molecule has 0 amide bonds. The number of hydrogen-bond acceptors (Lipinski definition) is 5. The van der Waals surface area contributed by atoms with Crippen molar-refractivity contribution in [2.24, 2.45) is 10.7 Å². The average molecular weight is 389 g/mol. The molecule has 0 saturated heterocycles. The Morgan fingerprint density at radius 2 is 2.03 bits per heavy atom. The molecule has 150 valence electrons. The van der Waals surface area contributed by atoms with Crippen LogP contribution in [0.2, 0.25) is 0 Å². The van der Waals surface area contributed by atoms with Crippen molar-refractivity contribution in [1.82, 2.24) is 5.32 Å². The van der Waals surface area contributed by atoms with E-state index in [9.17, 15) is 0 Å². The molecule has 5 heteroatoms. The molecule has 0 radical (unpaired) electrons. The van der Waals surface area contributed by atoms with Crippen LogP contribution in [0.1, 0.15) is 37.7 Å². The first-order valence-electron chi connectivity index (χ1n) is 9.95. The van der Waals surface area contributed by atoms with Crippen LogP contribution >= 0.6 is 0 Å². The van der Waals surface area contributed by atoms with E-state index >= 15 is 0 Å². The van der Waals surface area contributed by atoms with Gasteiger partial charge in [0.05, 0.1) is 0 Å². The van der Waals surface area contributed by atoms with E-state index in [1.807, 2.05) is 24.3 Å². The first kappa shape index (κ1) is 19.1. The van der Waals surface area contributed by atoms with Crippen molar-refractivity contribution in [2.45, 2.75) is 37.5 Å². The second-order valence-corrected chi connectivity index (χ2v) is 7.66. The number of nitrogens with one attached hydrogen (secondary N) is 1. The van der Waals surface area contributed by atoms with Crippen molar-refractivity contribution in [3.63, 3.8) is 0 Å². The van der Waals surface area contributed by atoms with Crippen LogP contribution in [-0.2, 0) is 5.41 Å². The fraction of sp³-hybridized carbons (Fsp3) is 0.292. The van der Waals surface area contributed by atoms with Gasteiger partial charge < -0.3 is 20.5 Å². The number of hydrogen-bond donors (Lipinski definition) is 2. The molecular weight excluding hydrogens is 362 g/mol. The second kappa shape index (κ2) is 8.03. The van der Waals surface area contributed by atoms with Gasteiger partial charge in [0, 0.05) is 16.8 Å². The monoisotopic (exact) mass is 389 g/mol. The SMILES string of the molecule is C=N/C(=C\C=C/CC1=CC=C(N)CC1)NC(=C)C1(c2ccc3c(c2)OCO3)CC1. The van der Waals surface area contributed by atoms with Crippen molar-refractivity contribution in [3.8, 4) is 11.5 Å². The Morgan fingerprint density at radius 3 is 2.76 bits per heavy atom. The highest BCUT2D eigenvalue weighted by atomic mass is 16.7. The van der Waals surface area contributed by atoms with E-state index < -0.39 is 0 Å². The minimum atomic E-state index is -0.0896. The Morgan fingerprint density at radius 1 is 1.21 bits per heavy atom. The lowest BCUT2D eigenvalue weighted by Gasteiger charge is -2.21. The average Bonchev–Trinajstić information content (AvgIpc) is 3.42. The lowest BCUT2D eigenvalue weighted by atomic mass is 9.92. The van der Waals surface area contributed by atoms with E-state index in [2.05, 4.69) is 47.9 Å². The fourth-order valence-electron chi connectivity index (χ4n) is 3.74. The molecule has 3 aliphatic rings. The molecule has 2 aliphatic carbocycles. The Kier molecular flexibility index (Phi) is 5.30. The van der Waals surface area contributed by atoms with Gasteiger partial charge in [-0.2, -0.15) is 0 Å². The normalized spacial score (nSPS) is 19.5. The molecule has 5 nitrogen and oxygen atoms in total. The lowest BCUT2D eigenvalue weighted by molar-refractivity contribution is 0.174. The van der Waals surface area contributed by atoms with Crippen LogP contribution in [0.4, 0.5) is 0 Å². The first-order chi connectivity index (χ1) is 14.1. The van der Waals surface area contributed by atoms with Crippen LogP contribution in [0.25, 0.3) is 0 Å². The van der Waals surface area contributed by atoms with Crippen LogP contribution in [0.5, 0.6) is 11.5 Å². The van der Waals surface area contributed by atoms with Crippen molar-refractivity contribution in [3.05, 3.63) is 83.5 Å². The third-order valence-electron chi connectivity index (χ3n) is 5.74. The molecule has 0 atom stereocenters. The zero-order chi connectivity index (χ0) is 20.3. The van der Waals surface area contributed by atoms with Gasteiger partial charge in [0.25, 0.3) is 0 Å². The van der Waals surface area contributed by atoms with Gasteiger partial charge in [-0.3, -0.25) is 0 Å². The van der Waals surface area contributed by atoms with E-state index in [4.69, 9.17) is 15.2 Å². The molecule has 0 unspecified atom stereocenters. The lowest BCUT2D eigenvalue weighted by Crippen LogP contribution is -2.22. The Hall–Kier alpha value is -3.21. The van der Waals surface area contributed by atoms with Gasteiger partial charge in [0.2, 0.25) is 6.79 Å².